The maximum Gasteiger partial charge on any atom is 0.242 e. The van der Waals surface area contributed by atoms with Gasteiger partial charge in [0.15, 0.2) is 5.16 Å². The molecule has 0 spiro atoms. The molecule has 1 atom stereocenters. The number of nitrogens with zero attached hydrogens (tertiary/aromatic N) is 3. The van der Waals surface area contributed by atoms with Crippen LogP contribution >= 0.6 is 23.4 Å². The van der Waals surface area contributed by atoms with Gasteiger partial charge in [-0.25, -0.2) is 0 Å². The first kappa shape index (κ1) is 21.8. The van der Waals surface area contributed by atoms with Crippen molar-refractivity contribution < 1.29 is 9.21 Å². The second-order valence-electron chi connectivity index (χ2n) is 8.14. The molecule has 2 heterocycles. The zero-order valence-corrected chi connectivity index (χ0v) is 19.6. The molecule has 0 saturated heterocycles. The third-order valence-electron chi connectivity index (χ3n) is 5.59. The van der Waals surface area contributed by atoms with Crippen molar-refractivity contribution in [2.24, 2.45) is 0 Å². The number of hydrogen-bond acceptors (Lipinski definition) is 5. The molecule has 1 saturated carbocycles. The number of benzene rings is 2. The van der Waals surface area contributed by atoms with Gasteiger partial charge in [0.2, 0.25) is 5.91 Å². The number of thioether (sulfide) groups is 1. The molecule has 2 aromatic heterocycles. The Morgan fingerprint density at radius 1 is 1.18 bits per heavy atom. The summed E-state index contributed by atoms with van der Waals surface area (Å²) in [5, 5.41) is 12.8. The first-order valence-electron chi connectivity index (χ1n) is 10.8. The maximum atomic E-state index is 13.4. The predicted octanol–water partition coefficient (Wildman–Crippen LogP) is 6.23. The molecular formula is C25H23ClN4O2S. The van der Waals surface area contributed by atoms with E-state index in [2.05, 4.69) is 20.1 Å². The van der Waals surface area contributed by atoms with Gasteiger partial charge in [0.25, 0.3) is 0 Å². The highest BCUT2D eigenvalue weighted by atomic mass is 35.5. The van der Waals surface area contributed by atoms with Crippen LogP contribution in [0.4, 0.5) is 5.69 Å². The Hall–Kier alpha value is -3.03. The van der Waals surface area contributed by atoms with Gasteiger partial charge >= 0.3 is 0 Å². The molecule has 0 radical (unpaired) electrons. The molecule has 0 bridgehead atoms. The Balaban J connectivity index is 1.45. The lowest BCUT2D eigenvalue weighted by Crippen LogP contribution is -2.20. The van der Waals surface area contributed by atoms with Crippen molar-refractivity contribution in [3.63, 3.8) is 0 Å². The molecule has 5 rings (SSSR count). The van der Waals surface area contributed by atoms with Crippen LogP contribution in [-0.4, -0.2) is 20.7 Å². The Labute approximate surface area is 201 Å². The highest BCUT2D eigenvalue weighted by Crippen LogP contribution is 2.42. The van der Waals surface area contributed by atoms with Gasteiger partial charge in [-0.3, -0.25) is 9.36 Å². The van der Waals surface area contributed by atoms with Crippen molar-refractivity contribution in [2.75, 3.05) is 5.32 Å². The van der Waals surface area contributed by atoms with Gasteiger partial charge in [-0.1, -0.05) is 59.8 Å². The van der Waals surface area contributed by atoms with Crippen molar-refractivity contribution in [3.05, 3.63) is 94.7 Å². The average molecular weight is 479 g/mol. The molecule has 33 heavy (non-hydrogen) atoms. The summed E-state index contributed by atoms with van der Waals surface area (Å²) in [6, 6.07) is 19.0. The third-order valence-corrected chi connectivity index (χ3v) is 7.23. The SMILES string of the molecule is Cc1ccc(NC(=O)C(Sc2nnc(C3CC3)n2Cc2ccco2)c2ccccc2)cc1Cl. The van der Waals surface area contributed by atoms with E-state index >= 15 is 0 Å². The van der Waals surface area contributed by atoms with Crippen LogP contribution in [0.25, 0.3) is 0 Å². The molecule has 2 aromatic carbocycles. The van der Waals surface area contributed by atoms with Gasteiger partial charge in [0.1, 0.15) is 16.8 Å². The van der Waals surface area contributed by atoms with Crippen LogP contribution in [0.5, 0.6) is 0 Å². The summed E-state index contributed by atoms with van der Waals surface area (Å²) in [7, 11) is 0. The van der Waals surface area contributed by atoms with Gasteiger partial charge < -0.3 is 9.73 Å². The number of rotatable bonds is 8. The lowest BCUT2D eigenvalue weighted by molar-refractivity contribution is -0.115. The Kier molecular flexibility index (Phi) is 6.24. The summed E-state index contributed by atoms with van der Waals surface area (Å²) < 4.78 is 7.65. The summed E-state index contributed by atoms with van der Waals surface area (Å²) in [6.45, 7) is 2.46. The average Bonchev–Trinajstić information content (AvgIpc) is 3.39. The van der Waals surface area contributed by atoms with Crippen LogP contribution in [0.15, 0.2) is 76.5 Å². The molecule has 1 aliphatic rings. The number of hydrogen-bond donors (Lipinski definition) is 1. The normalized spacial score (nSPS) is 14.2. The number of amides is 1. The number of carbonyl (C=O) groups is 1. The number of nitrogens with one attached hydrogen (secondary N) is 1. The van der Waals surface area contributed by atoms with Crippen molar-refractivity contribution in [2.45, 2.75) is 42.6 Å². The zero-order chi connectivity index (χ0) is 22.8. The Morgan fingerprint density at radius 3 is 2.70 bits per heavy atom. The van der Waals surface area contributed by atoms with Gasteiger partial charge in [-0.15, -0.1) is 10.2 Å². The van der Waals surface area contributed by atoms with E-state index in [-0.39, 0.29) is 5.91 Å². The fraction of sp³-hybridized carbons (Fsp3) is 0.240. The highest BCUT2D eigenvalue weighted by Gasteiger charge is 2.32. The Morgan fingerprint density at radius 2 is 2.00 bits per heavy atom. The minimum Gasteiger partial charge on any atom is -0.467 e. The summed E-state index contributed by atoms with van der Waals surface area (Å²) in [5.41, 5.74) is 2.51. The van der Waals surface area contributed by atoms with Crippen molar-refractivity contribution in [1.82, 2.24) is 14.8 Å². The number of furan rings is 1. The van der Waals surface area contributed by atoms with Crippen LogP contribution < -0.4 is 5.32 Å². The topological polar surface area (TPSA) is 73.0 Å². The van der Waals surface area contributed by atoms with Crippen LogP contribution in [0.1, 0.15) is 46.7 Å². The van der Waals surface area contributed by atoms with Crippen molar-refractivity contribution >= 4 is 35.0 Å². The van der Waals surface area contributed by atoms with Crippen LogP contribution in [0, 0.1) is 6.92 Å². The summed E-state index contributed by atoms with van der Waals surface area (Å²) in [5.74, 6) is 2.05. The van der Waals surface area contributed by atoms with Crippen molar-refractivity contribution in [1.29, 1.82) is 0 Å². The summed E-state index contributed by atoms with van der Waals surface area (Å²) in [4.78, 5) is 13.4. The second kappa shape index (κ2) is 9.45. The number of aromatic nitrogens is 3. The molecule has 4 aromatic rings. The molecular weight excluding hydrogens is 456 g/mol. The first-order valence-corrected chi connectivity index (χ1v) is 12.1. The minimum absolute atomic E-state index is 0.147. The van der Waals surface area contributed by atoms with Crippen LogP contribution in [0.3, 0.4) is 0 Å². The van der Waals surface area contributed by atoms with E-state index in [0.717, 1.165) is 35.6 Å². The molecule has 1 amide bonds. The van der Waals surface area contributed by atoms with Crippen LogP contribution in [-0.2, 0) is 11.3 Å². The maximum absolute atomic E-state index is 13.4. The van der Waals surface area contributed by atoms with E-state index in [1.807, 2.05) is 61.5 Å². The van der Waals surface area contributed by atoms with Gasteiger partial charge in [0.05, 0.1) is 12.8 Å². The van der Waals surface area contributed by atoms with E-state index in [9.17, 15) is 4.79 Å². The van der Waals surface area contributed by atoms with Gasteiger partial charge in [-0.05, 0) is 55.2 Å². The fourth-order valence-electron chi connectivity index (χ4n) is 3.62. The molecule has 1 unspecified atom stereocenters. The Bertz CT molecular complexity index is 1250. The summed E-state index contributed by atoms with van der Waals surface area (Å²) in [6.07, 6.45) is 3.88. The zero-order valence-electron chi connectivity index (χ0n) is 18.1. The first-order chi connectivity index (χ1) is 16.1. The van der Waals surface area contributed by atoms with E-state index < -0.39 is 5.25 Å². The number of anilines is 1. The third kappa shape index (κ3) is 4.99. The summed E-state index contributed by atoms with van der Waals surface area (Å²) >= 11 is 7.66. The molecule has 1 fully saturated rings. The molecule has 168 valence electrons. The lowest BCUT2D eigenvalue weighted by Gasteiger charge is -2.18. The van der Waals surface area contributed by atoms with E-state index in [1.165, 1.54) is 11.8 Å². The number of aryl methyl sites for hydroxylation is 1. The molecule has 0 aliphatic heterocycles. The van der Waals surface area contributed by atoms with E-state index in [0.29, 0.717) is 28.3 Å². The molecule has 1 N–H and O–H groups in total. The number of carbonyl (C=O) groups excluding carboxylic acids is 1. The lowest BCUT2D eigenvalue weighted by atomic mass is 10.1. The monoisotopic (exact) mass is 478 g/mol. The van der Waals surface area contributed by atoms with Gasteiger partial charge in [0, 0.05) is 16.6 Å². The quantitative estimate of drug-likeness (QED) is 0.304. The van der Waals surface area contributed by atoms with E-state index in [1.54, 1.807) is 12.3 Å². The number of halogens is 1. The standard InChI is InChI=1S/C25H23ClN4O2S/c1-16-9-12-19(14-21(16)26)27-24(31)22(17-6-3-2-4-7-17)33-25-29-28-23(18-10-11-18)30(25)15-20-8-5-13-32-20/h2-9,12-14,18,22H,10-11,15H2,1H3,(H,27,31). The molecule has 6 nitrogen and oxygen atoms in total. The molecule has 1 aliphatic carbocycles. The highest BCUT2D eigenvalue weighted by molar-refractivity contribution is 8.00. The molecule has 8 heteroatoms. The smallest absolute Gasteiger partial charge is 0.242 e. The predicted molar refractivity (Wildman–Crippen MR) is 130 cm³/mol. The van der Waals surface area contributed by atoms with E-state index in [4.69, 9.17) is 16.0 Å². The second-order valence-corrected chi connectivity index (χ2v) is 9.62. The van der Waals surface area contributed by atoms with Crippen molar-refractivity contribution in [3.8, 4) is 0 Å². The fourth-order valence-corrected chi connectivity index (χ4v) is 4.85. The largest absolute Gasteiger partial charge is 0.467 e. The minimum atomic E-state index is -0.516. The van der Waals surface area contributed by atoms with Crippen LogP contribution in [0.2, 0.25) is 5.02 Å². The van der Waals surface area contributed by atoms with Gasteiger partial charge in [-0.2, -0.15) is 0 Å².